The van der Waals surface area contributed by atoms with E-state index >= 15 is 0 Å². The Morgan fingerprint density at radius 3 is 2.22 bits per heavy atom. The van der Waals surface area contributed by atoms with E-state index in [1.165, 1.54) is 24.3 Å². The topological polar surface area (TPSA) is 102 Å². The molecule has 0 fully saturated rings. The maximum Gasteiger partial charge on any atom is 0.296 e. The van der Waals surface area contributed by atoms with Gasteiger partial charge in [0.15, 0.2) is 5.78 Å². The number of nitro groups is 1. The van der Waals surface area contributed by atoms with Gasteiger partial charge in [-0.15, -0.1) is 0 Å². The molecule has 2 aromatic rings. The van der Waals surface area contributed by atoms with Crippen molar-refractivity contribution in [2.75, 3.05) is 0 Å². The van der Waals surface area contributed by atoms with E-state index in [2.05, 4.69) is 9.98 Å². The van der Waals surface area contributed by atoms with Gasteiger partial charge >= 0.3 is 0 Å². The molecule has 0 bridgehead atoms. The summed E-state index contributed by atoms with van der Waals surface area (Å²) in [7, 11) is 0. The number of carbonyl (C=O) groups excluding carboxylic acids is 2. The first-order valence-electron chi connectivity index (χ1n) is 6.62. The molecule has 1 aliphatic heterocycles. The molecule has 112 valence electrons. The summed E-state index contributed by atoms with van der Waals surface area (Å²) >= 11 is 0. The predicted molar refractivity (Wildman–Crippen MR) is 79.3 cm³/mol. The highest BCUT2D eigenvalue weighted by atomic mass is 16.6. The molecule has 0 aromatic heterocycles. The van der Waals surface area contributed by atoms with Crippen LogP contribution in [0.15, 0.2) is 70.3 Å². The molecule has 3 rings (SSSR count). The molecule has 0 atom stereocenters. The molecular formula is C16H9N3O4. The van der Waals surface area contributed by atoms with Crippen molar-refractivity contribution in [2.24, 2.45) is 9.98 Å². The first-order chi connectivity index (χ1) is 11.0. The Balaban J connectivity index is 1.95. The van der Waals surface area contributed by atoms with Gasteiger partial charge in [0.25, 0.3) is 11.6 Å². The van der Waals surface area contributed by atoms with Crippen LogP contribution < -0.4 is 10.7 Å². The Kier molecular flexibility index (Phi) is 3.60. The van der Waals surface area contributed by atoms with Gasteiger partial charge in [-0.05, 0) is 24.3 Å². The van der Waals surface area contributed by atoms with Crippen molar-refractivity contribution in [3.8, 4) is 0 Å². The summed E-state index contributed by atoms with van der Waals surface area (Å²) in [6.45, 7) is 0. The highest BCUT2D eigenvalue weighted by Crippen LogP contribution is 2.13. The number of para-hydroxylation sites is 2. The average molecular weight is 307 g/mol. The van der Waals surface area contributed by atoms with Gasteiger partial charge < -0.3 is 0 Å². The van der Waals surface area contributed by atoms with E-state index in [1.807, 2.05) is 0 Å². The molecule has 0 unspecified atom stereocenters. The fourth-order valence-corrected chi connectivity index (χ4v) is 2.05. The third kappa shape index (κ3) is 2.93. The van der Waals surface area contributed by atoms with Crippen LogP contribution >= 0.6 is 0 Å². The number of carbonyl (C=O) groups is 2. The number of allylic oxidation sites excluding steroid dienone is 1. The maximum atomic E-state index is 12.2. The lowest BCUT2D eigenvalue weighted by Crippen LogP contribution is -2.30. The maximum absolute atomic E-state index is 12.2. The van der Waals surface area contributed by atoms with Crippen LogP contribution in [0.3, 0.4) is 0 Å². The van der Waals surface area contributed by atoms with Crippen molar-refractivity contribution in [2.45, 2.75) is 0 Å². The lowest BCUT2D eigenvalue weighted by molar-refractivity contribution is -0.384. The van der Waals surface area contributed by atoms with Crippen molar-refractivity contribution in [3.63, 3.8) is 0 Å². The Bertz CT molecular complexity index is 975. The zero-order valence-electron chi connectivity index (χ0n) is 11.7. The van der Waals surface area contributed by atoms with Gasteiger partial charge in [-0.3, -0.25) is 19.7 Å². The summed E-state index contributed by atoms with van der Waals surface area (Å²) in [6.07, 6.45) is 1.09. The van der Waals surface area contributed by atoms with E-state index in [4.69, 9.17) is 0 Å². The molecule has 1 heterocycles. The second-order valence-electron chi connectivity index (χ2n) is 4.72. The normalized spacial score (nSPS) is 14.6. The van der Waals surface area contributed by atoms with Crippen molar-refractivity contribution in [3.05, 3.63) is 86.7 Å². The zero-order chi connectivity index (χ0) is 16.4. The molecule has 0 spiro atoms. The first kappa shape index (κ1) is 14.5. The summed E-state index contributed by atoms with van der Waals surface area (Å²) in [5.41, 5.74) is 0.0496. The van der Waals surface area contributed by atoms with E-state index in [-0.39, 0.29) is 16.9 Å². The number of fused-ring (bicyclic) bond motifs is 1. The zero-order valence-corrected chi connectivity index (χ0v) is 11.7. The molecule has 0 saturated carbocycles. The molecule has 0 aliphatic carbocycles. The molecule has 1 amide bonds. The Hall–Kier alpha value is -3.48. The van der Waals surface area contributed by atoms with E-state index in [0.29, 0.717) is 10.7 Å². The molecule has 0 saturated heterocycles. The molecule has 2 aromatic carbocycles. The van der Waals surface area contributed by atoms with Crippen LogP contribution in [0.25, 0.3) is 0 Å². The summed E-state index contributed by atoms with van der Waals surface area (Å²) in [6, 6.07) is 12.0. The van der Waals surface area contributed by atoms with Gasteiger partial charge in [-0.2, -0.15) is 0 Å². The highest BCUT2D eigenvalue weighted by molar-refractivity contribution is 6.09. The average Bonchev–Trinajstić information content (AvgIpc) is 2.55. The molecule has 1 aliphatic rings. The second kappa shape index (κ2) is 5.72. The van der Waals surface area contributed by atoms with Gasteiger partial charge in [-0.1, -0.05) is 12.1 Å². The van der Waals surface area contributed by atoms with Crippen LogP contribution in [0.1, 0.15) is 10.4 Å². The van der Waals surface area contributed by atoms with Crippen LogP contribution in [0.4, 0.5) is 5.69 Å². The van der Waals surface area contributed by atoms with Crippen molar-refractivity contribution < 1.29 is 14.5 Å². The lowest BCUT2D eigenvalue weighted by Gasteiger charge is -2.02. The van der Waals surface area contributed by atoms with Gasteiger partial charge in [-0.25, -0.2) is 9.98 Å². The minimum absolute atomic E-state index is 0.0629. The monoisotopic (exact) mass is 307 g/mol. The Labute approximate surface area is 129 Å². The minimum Gasteiger partial charge on any atom is -0.289 e. The summed E-state index contributed by atoms with van der Waals surface area (Å²) in [5, 5.41) is 11.6. The number of hydrogen-bond donors (Lipinski definition) is 0. The van der Waals surface area contributed by atoms with E-state index < -0.39 is 16.6 Å². The third-order valence-electron chi connectivity index (χ3n) is 3.19. The van der Waals surface area contributed by atoms with Crippen molar-refractivity contribution in [1.82, 2.24) is 0 Å². The predicted octanol–water partition coefficient (Wildman–Crippen LogP) is 1.14. The number of non-ortho nitro benzene ring substituents is 1. The highest BCUT2D eigenvalue weighted by Gasteiger charge is 2.15. The fourth-order valence-electron chi connectivity index (χ4n) is 2.05. The molecule has 23 heavy (non-hydrogen) atoms. The van der Waals surface area contributed by atoms with E-state index in [9.17, 15) is 19.7 Å². The summed E-state index contributed by atoms with van der Waals surface area (Å²) < 4.78 is 0. The molecule has 7 nitrogen and oxygen atoms in total. The standard InChI is InChI=1S/C16H9N3O4/c20-15(10-5-7-11(8-6-10)19(22)23)9-14-16(21)18-13-4-2-1-3-12(13)17-14/h1-9H/b14-9-. The summed E-state index contributed by atoms with van der Waals surface area (Å²) in [5.74, 6) is -1.07. The summed E-state index contributed by atoms with van der Waals surface area (Å²) in [4.78, 5) is 42.1. The van der Waals surface area contributed by atoms with Crippen LogP contribution in [0, 0.1) is 10.1 Å². The quantitative estimate of drug-likeness (QED) is 0.367. The fraction of sp³-hybridized carbons (Fsp3) is 0. The van der Waals surface area contributed by atoms with Gasteiger partial charge in [0.1, 0.15) is 5.70 Å². The number of rotatable bonds is 3. The number of amides is 1. The van der Waals surface area contributed by atoms with E-state index in [1.54, 1.807) is 24.3 Å². The van der Waals surface area contributed by atoms with Crippen LogP contribution in [0.5, 0.6) is 0 Å². The number of hydrogen-bond acceptors (Lipinski definition) is 5. The molecule has 0 radical (unpaired) electrons. The Morgan fingerprint density at radius 2 is 1.61 bits per heavy atom. The van der Waals surface area contributed by atoms with Crippen molar-refractivity contribution >= 4 is 17.4 Å². The number of nitrogens with zero attached hydrogens (tertiary/aromatic N) is 3. The first-order valence-corrected chi connectivity index (χ1v) is 6.62. The third-order valence-corrected chi connectivity index (χ3v) is 3.19. The van der Waals surface area contributed by atoms with Gasteiger partial charge in [0.05, 0.1) is 15.6 Å². The Morgan fingerprint density at radius 1 is 1.00 bits per heavy atom. The largest absolute Gasteiger partial charge is 0.296 e. The second-order valence-corrected chi connectivity index (χ2v) is 4.72. The molecule has 7 heteroatoms. The van der Waals surface area contributed by atoms with Crippen LogP contribution in [-0.4, -0.2) is 16.6 Å². The van der Waals surface area contributed by atoms with Crippen LogP contribution in [0.2, 0.25) is 0 Å². The smallest absolute Gasteiger partial charge is 0.289 e. The number of benzene rings is 2. The lowest BCUT2D eigenvalue weighted by atomic mass is 10.1. The number of ketones is 1. The van der Waals surface area contributed by atoms with Crippen LogP contribution in [-0.2, 0) is 4.79 Å². The minimum atomic E-state index is -0.598. The van der Waals surface area contributed by atoms with Crippen molar-refractivity contribution in [1.29, 1.82) is 0 Å². The van der Waals surface area contributed by atoms with Gasteiger partial charge in [0.2, 0.25) is 0 Å². The SMILES string of the molecule is O=C1N=c2ccccc2=N/C1=C\C(=O)c1ccc([N+](=O)[O-])cc1. The van der Waals surface area contributed by atoms with Gasteiger partial charge in [0, 0.05) is 23.8 Å². The van der Waals surface area contributed by atoms with E-state index in [0.717, 1.165) is 6.08 Å². The number of nitro benzene ring substituents is 1. The molecule has 0 N–H and O–H groups in total. The molecular weight excluding hydrogens is 298 g/mol.